The van der Waals surface area contributed by atoms with Crippen LogP contribution in [0.25, 0.3) is 0 Å². The third-order valence-electron chi connectivity index (χ3n) is 7.18. The van der Waals surface area contributed by atoms with Gasteiger partial charge in [-0.1, -0.05) is 134 Å². The highest BCUT2D eigenvalue weighted by Gasteiger charge is 2.47. The molecule has 1 aromatic carbocycles. The van der Waals surface area contributed by atoms with Crippen molar-refractivity contribution in [2.45, 2.75) is 127 Å². The number of carboxylic acid groups (broad SMARTS) is 1. The number of aliphatic carboxylic acids is 1. The molecule has 5 nitrogen and oxygen atoms in total. The number of thioether (sulfide) groups is 1. The van der Waals surface area contributed by atoms with Crippen molar-refractivity contribution < 1.29 is 14.7 Å². The number of rotatable bonds is 21. The summed E-state index contributed by atoms with van der Waals surface area (Å²) in [6, 6.07) is 9.13. The van der Waals surface area contributed by atoms with Gasteiger partial charge < -0.3 is 10.4 Å². The molecule has 6 heteroatoms. The summed E-state index contributed by atoms with van der Waals surface area (Å²) in [6.45, 7) is 2.92. The molecule has 204 valence electrons. The van der Waals surface area contributed by atoms with Crippen molar-refractivity contribution in [1.82, 2.24) is 10.6 Å². The summed E-state index contributed by atoms with van der Waals surface area (Å²) < 4.78 is 0. The standard InChI is InChI=1S/C30H50N2O3S/c1-2-3-4-5-6-7-8-9-10-11-12-13-14-15-16-20-23-31-29(35)30(24-26-21-18-17-19-22-26)32-27(25-36-30)28(33)34/h17-19,21-22,27,32H,2-16,20,23-25H2,1H3,(H,31,35)(H,33,34)/t27-,30?/m0/s1. The molecule has 0 aliphatic carbocycles. The second kappa shape index (κ2) is 18.7. The van der Waals surface area contributed by atoms with Gasteiger partial charge in [-0.2, -0.15) is 0 Å². The molecular formula is C30H50N2O3S. The average molecular weight is 519 g/mol. The van der Waals surface area contributed by atoms with Crippen molar-refractivity contribution in [2.75, 3.05) is 12.3 Å². The second-order valence-electron chi connectivity index (χ2n) is 10.4. The summed E-state index contributed by atoms with van der Waals surface area (Å²) in [5.41, 5.74) is 1.03. The zero-order valence-corrected chi connectivity index (χ0v) is 23.4. The Morgan fingerprint density at radius 1 is 0.861 bits per heavy atom. The molecule has 1 heterocycles. The lowest BCUT2D eigenvalue weighted by Gasteiger charge is -2.28. The fourth-order valence-corrected chi connectivity index (χ4v) is 6.31. The molecule has 1 aliphatic rings. The minimum Gasteiger partial charge on any atom is -0.480 e. The van der Waals surface area contributed by atoms with Crippen molar-refractivity contribution >= 4 is 23.6 Å². The molecule has 0 radical (unpaired) electrons. The van der Waals surface area contributed by atoms with Crippen LogP contribution >= 0.6 is 11.8 Å². The average Bonchev–Trinajstić information content (AvgIpc) is 3.32. The molecule has 0 bridgehead atoms. The van der Waals surface area contributed by atoms with E-state index in [1.165, 1.54) is 102 Å². The van der Waals surface area contributed by atoms with Gasteiger partial charge in [0.05, 0.1) is 0 Å². The third kappa shape index (κ3) is 12.1. The van der Waals surface area contributed by atoms with Gasteiger partial charge in [0.2, 0.25) is 0 Å². The van der Waals surface area contributed by atoms with E-state index in [0.717, 1.165) is 18.4 Å². The fourth-order valence-electron chi connectivity index (χ4n) is 4.94. The maximum absolute atomic E-state index is 13.1. The van der Waals surface area contributed by atoms with E-state index >= 15 is 0 Å². The predicted octanol–water partition coefficient (Wildman–Crippen LogP) is 7.09. The number of carbonyl (C=O) groups is 2. The number of hydrogen-bond donors (Lipinski definition) is 3. The van der Waals surface area contributed by atoms with Crippen molar-refractivity contribution in [2.24, 2.45) is 0 Å². The highest BCUT2D eigenvalue weighted by Crippen LogP contribution is 2.34. The van der Waals surface area contributed by atoms with Crippen LogP contribution in [0.1, 0.15) is 115 Å². The molecule has 0 spiro atoms. The predicted molar refractivity (Wildman–Crippen MR) is 152 cm³/mol. The van der Waals surface area contributed by atoms with Crippen LogP contribution in [-0.4, -0.2) is 40.2 Å². The number of benzene rings is 1. The van der Waals surface area contributed by atoms with Gasteiger partial charge in [-0.15, -0.1) is 11.8 Å². The first-order valence-electron chi connectivity index (χ1n) is 14.5. The summed E-state index contributed by atoms with van der Waals surface area (Å²) >= 11 is 1.41. The third-order valence-corrected chi connectivity index (χ3v) is 8.62. The van der Waals surface area contributed by atoms with Gasteiger partial charge in [-0.05, 0) is 12.0 Å². The Morgan fingerprint density at radius 3 is 1.83 bits per heavy atom. The van der Waals surface area contributed by atoms with Gasteiger partial charge in [0.25, 0.3) is 5.91 Å². The summed E-state index contributed by atoms with van der Waals surface area (Å²) in [4.78, 5) is 23.7. The minimum absolute atomic E-state index is 0.0962. The van der Waals surface area contributed by atoms with Crippen LogP contribution in [0.3, 0.4) is 0 Å². The van der Waals surface area contributed by atoms with E-state index in [1.54, 1.807) is 0 Å². The summed E-state index contributed by atoms with van der Waals surface area (Å²) in [7, 11) is 0. The molecular weight excluding hydrogens is 468 g/mol. The molecule has 0 saturated carbocycles. The van der Waals surface area contributed by atoms with E-state index in [1.807, 2.05) is 30.3 Å². The molecule has 0 aromatic heterocycles. The van der Waals surface area contributed by atoms with Gasteiger partial charge >= 0.3 is 5.97 Å². The SMILES string of the molecule is CCCCCCCCCCCCCCCCCCNC(=O)C1(Cc2ccccc2)N[C@H](C(=O)O)CS1. The molecule has 1 fully saturated rings. The van der Waals surface area contributed by atoms with E-state index in [2.05, 4.69) is 17.6 Å². The molecule has 2 rings (SSSR count). The maximum atomic E-state index is 13.1. The molecule has 1 saturated heterocycles. The molecule has 1 aromatic rings. The van der Waals surface area contributed by atoms with Crippen LogP contribution in [0.5, 0.6) is 0 Å². The van der Waals surface area contributed by atoms with Gasteiger partial charge in [-0.25, -0.2) is 0 Å². The van der Waals surface area contributed by atoms with Crippen LogP contribution in [0.4, 0.5) is 0 Å². The summed E-state index contributed by atoms with van der Waals surface area (Å²) in [6.07, 6.45) is 21.7. The van der Waals surface area contributed by atoms with Gasteiger partial charge in [0, 0.05) is 18.7 Å². The molecule has 1 unspecified atom stereocenters. The Morgan fingerprint density at radius 2 is 1.36 bits per heavy atom. The highest BCUT2D eigenvalue weighted by molar-refractivity contribution is 8.01. The van der Waals surface area contributed by atoms with Gasteiger partial charge in [0.1, 0.15) is 10.9 Å². The lowest BCUT2D eigenvalue weighted by Crippen LogP contribution is -2.56. The van der Waals surface area contributed by atoms with E-state index in [9.17, 15) is 14.7 Å². The molecule has 1 amide bonds. The van der Waals surface area contributed by atoms with Crippen molar-refractivity contribution in [3.05, 3.63) is 35.9 Å². The Labute approximate surface area is 224 Å². The van der Waals surface area contributed by atoms with Crippen molar-refractivity contribution in [3.63, 3.8) is 0 Å². The number of unbranched alkanes of at least 4 members (excludes halogenated alkanes) is 15. The number of nitrogens with one attached hydrogen (secondary N) is 2. The minimum atomic E-state index is -0.917. The van der Waals surface area contributed by atoms with Crippen molar-refractivity contribution in [3.8, 4) is 0 Å². The van der Waals surface area contributed by atoms with Gasteiger partial charge in [-0.3, -0.25) is 14.9 Å². The smallest absolute Gasteiger partial charge is 0.321 e. The summed E-state index contributed by atoms with van der Waals surface area (Å²) in [5.74, 6) is -0.599. The topological polar surface area (TPSA) is 78.4 Å². The van der Waals surface area contributed by atoms with Crippen LogP contribution < -0.4 is 10.6 Å². The van der Waals surface area contributed by atoms with Crippen LogP contribution in [0, 0.1) is 0 Å². The first-order valence-corrected chi connectivity index (χ1v) is 15.5. The Balaban J connectivity index is 1.51. The number of carbonyl (C=O) groups excluding carboxylic acids is 1. The largest absolute Gasteiger partial charge is 0.480 e. The molecule has 36 heavy (non-hydrogen) atoms. The fraction of sp³-hybridized carbons (Fsp3) is 0.733. The first-order chi connectivity index (χ1) is 17.6. The summed E-state index contributed by atoms with van der Waals surface area (Å²) in [5, 5.41) is 15.6. The molecule has 1 aliphatic heterocycles. The lowest BCUT2D eigenvalue weighted by atomic mass is 10.0. The monoisotopic (exact) mass is 518 g/mol. The van der Waals surface area contributed by atoms with Crippen LogP contribution in [0.2, 0.25) is 0 Å². The molecule has 2 atom stereocenters. The van der Waals surface area contributed by atoms with E-state index in [4.69, 9.17) is 0 Å². The maximum Gasteiger partial charge on any atom is 0.321 e. The normalized spacial score (nSPS) is 19.4. The van der Waals surface area contributed by atoms with Crippen LogP contribution in [-0.2, 0) is 16.0 Å². The zero-order valence-electron chi connectivity index (χ0n) is 22.6. The van der Waals surface area contributed by atoms with Crippen LogP contribution in [0.15, 0.2) is 30.3 Å². The number of hydrogen-bond acceptors (Lipinski definition) is 4. The zero-order chi connectivity index (χ0) is 25.9. The highest BCUT2D eigenvalue weighted by atomic mass is 32.2. The Kier molecular flexibility index (Phi) is 15.9. The second-order valence-corrected chi connectivity index (χ2v) is 11.7. The lowest BCUT2D eigenvalue weighted by molar-refractivity contribution is -0.139. The first kappa shape index (κ1) is 30.7. The van der Waals surface area contributed by atoms with Gasteiger partial charge in [0.15, 0.2) is 0 Å². The number of carboxylic acids is 1. The van der Waals surface area contributed by atoms with E-state index in [-0.39, 0.29) is 5.91 Å². The van der Waals surface area contributed by atoms with E-state index in [0.29, 0.717) is 18.7 Å². The Bertz CT molecular complexity index is 730. The van der Waals surface area contributed by atoms with Crippen molar-refractivity contribution in [1.29, 1.82) is 0 Å². The number of amides is 1. The van der Waals surface area contributed by atoms with E-state index < -0.39 is 16.9 Å². The quantitative estimate of drug-likeness (QED) is 0.151. The Hall–Kier alpha value is -1.53. The molecule has 3 N–H and O–H groups in total.